The molecule has 0 saturated heterocycles. The number of aromatic nitrogens is 1. The van der Waals surface area contributed by atoms with E-state index in [2.05, 4.69) is 16.0 Å². The Kier molecular flexibility index (Phi) is 3.66. The van der Waals surface area contributed by atoms with Gasteiger partial charge in [-0.2, -0.15) is 0 Å². The Balaban J connectivity index is 1.80. The number of rotatable bonds is 4. The topological polar surface area (TPSA) is 68.4 Å². The Morgan fingerprint density at radius 2 is 2.14 bits per heavy atom. The number of nitrogens with zero attached hydrogens (tertiary/aromatic N) is 3. The van der Waals surface area contributed by atoms with E-state index in [1.54, 1.807) is 6.07 Å². The Morgan fingerprint density at radius 1 is 1.29 bits per heavy atom. The van der Waals surface area contributed by atoms with E-state index in [1.807, 2.05) is 18.3 Å². The third-order valence-corrected chi connectivity index (χ3v) is 3.71. The summed E-state index contributed by atoms with van der Waals surface area (Å²) >= 11 is 5.83. The molecule has 0 N–H and O–H groups in total. The first-order valence-electron chi connectivity index (χ1n) is 6.56. The van der Waals surface area contributed by atoms with E-state index in [0.29, 0.717) is 18.4 Å². The fraction of sp³-hybridized carbons (Fsp3) is 0.200. The number of pyridine rings is 1. The Labute approximate surface area is 126 Å². The van der Waals surface area contributed by atoms with Crippen molar-refractivity contribution in [3.63, 3.8) is 0 Å². The molecule has 106 valence electrons. The van der Waals surface area contributed by atoms with E-state index in [1.165, 1.54) is 11.8 Å². The molecule has 0 radical (unpaired) electrons. The van der Waals surface area contributed by atoms with E-state index >= 15 is 0 Å². The second-order valence-electron chi connectivity index (χ2n) is 4.87. The zero-order chi connectivity index (χ0) is 14.8. The van der Waals surface area contributed by atoms with E-state index in [9.17, 15) is 10.1 Å². The minimum absolute atomic E-state index is 0.0126. The van der Waals surface area contributed by atoms with Gasteiger partial charge < -0.3 is 0 Å². The Hall–Kier alpha value is -2.27. The van der Waals surface area contributed by atoms with Gasteiger partial charge in [-0.3, -0.25) is 15.1 Å². The van der Waals surface area contributed by atoms with Crippen LogP contribution in [0.15, 0.2) is 35.5 Å². The lowest BCUT2D eigenvalue weighted by atomic mass is 10.0. The van der Waals surface area contributed by atoms with E-state index < -0.39 is 4.92 Å². The predicted molar refractivity (Wildman–Crippen MR) is 81.6 cm³/mol. The molecule has 2 aromatic rings. The molecule has 0 aliphatic carbocycles. The summed E-state index contributed by atoms with van der Waals surface area (Å²) in [5, 5.41) is 11.3. The lowest BCUT2D eigenvalue weighted by Gasteiger charge is -2.05. The molecule has 1 aromatic heterocycles. The van der Waals surface area contributed by atoms with Gasteiger partial charge in [0.25, 0.3) is 5.69 Å². The first-order chi connectivity index (χ1) is 10.1. The van der Waals surface area contributed by atoms with E-state index in [-0.39, 0.29) is 10.8 Å². The van der Waals surface area contributed by atoms with Crippen molar-refractivity contribution in [2.75, 3.05) is 0 Å². The number of aliphatic imine (C=N–C) groups is 1. The molecular weight excluding hydrogens is 290 g/mol. The molecule has 0 saturated carbocycles. The molecule has 3 rings (SSSR count). The molecule has 0 bridgehead atoms. The molecule has 5 nitrogen and oxygen atoms in total. The SMILES string of the molecule is O=[N+]([O-])c1cnc(Cl)cc1CCc1ccc2c(c1)N=CC2. The summed E-state index contributed by atoms with van der Waals surface area (Å²) in [5.41, 5.74) is 3.93. The van der Waals surface area contributed by atoms with Crippen LogP contribution in [-0.2, 0) is 19.3 Å². The number of hydrogen-bond donors (Lipinski definition) is 0. The summed E-state index contributed by atoms with van der Waals surface area (Å²) in [7, 11) is 0. The highest BCUT2D eigenvalue weighted by Crippen LogP contribution is 2.27. The molecular formula is C15H12ClN3O2. The Bertz CT molecular complexity index is 744. The van der Waals surface area contributed by atoms with Gasteiger partial charge in [0, 0.05) is 18.2 Å². The van der Waals surface area contributed by atoms with Gasteiger partial charge in [-0.25, -0.2) is 4.98 Å². The van der Waals surface area contributed by atoms with Gasteiger partial charge in [-0.15, -0.1) is 0 Å². The third-order valence-electron chi connectivity index (χ3n) is 3.50. The molecule has 6 heteroatoms. The highest BCUT2D eigenvalue weighted by atomic mass is 35.5. The van der Waals surface area contributed by atoms with Crippen molar-refractivity contribution in [1.29, 1.82) is 0 Å². The van der Waals surface area contributed by atoms with Crippen LogP contribution in [-0.4, -0.2) is 16.1 Å². The molecule has 0 atom stereocenters. The summed E-state index contributed by atoms with van der Waals surface area (Å²) in [6, 6.07) is 7.70. The first-order valence-corrected chi connectivity index (χ1v) is 6.94. The number of aryl methyl sites for hydroxylation is 2. The molecule has 2 heterocycles. The third kappa shape index (κ3) is 2.92. The molecule has 1 aliphatic heterocycles. The maximum atomic E-state index is 11.0. The Morgan fingerprint density at radius 3 is 2.95 bits per heavy atom. The van der Waals surface area contributed by atoms with Gasteiger partial charge in [0.1, 0.15) is 11.3 Å². The van der Waals surface area contributed by atoms with Crippen molar-refractivity contribution in [2.24, 2.45) is 4.99 Å². The average Bonchev–Trinajstić information content (AvgIpc) is 2.92. The number of nitro groups is 1. The van der Waals surface area contributed by atoms with E-state index in [4.69, 9.17) is 11.6 Å². The summed E-state index contributed by atoms with van der Waals surface area (Å²) in [4.78, 5) is 18.7. The van der Waals surface area contributed by atoms with Crippen LogP contribution < -0.4 is 0 Å². The van der Waals surface area contributed by atoms with Crippen LogP contribution in [0.3, 0.4) is 0 Å². The zero-order valence-corrected chi connectivity index (χ0v) is 11.9. The maximum absolute atomic E-state index is 11.0. The first kappa shape index (κ1) is 13.7. The monoisotopic (exact) mass is 301 g/mol. The van der Waals surface area contributed by atoms with Crippen molar-refractivity contribution in [3.8, 4) is 0 Å². The molecule has 0 spiro atoms. The van der Waals surface area contributed by atoms with Crippen LogP contribution >= 0.6 is 11.6 Å². The number of benzene rings is 1. The average molecular weight is 302 g/mol. The summed E-state index contributed by atoms with van der Waals surface area (Å²) in [6.07, 6.45) is 5.22. The summed E-state index contributed by atoms with van der Waals surface area (Å²) in [6.45, 7) is 0. The fourth-order valence-electron chi connectivity index (χ4n) is 2.40. The van der Waals surface area contributed by atoms with Crippen molar-refractivity contribution in [2.45, 2.75) is 19.3 Å². The van der Waals surface area contributed by atoms with Gasteiger partial charge in [0.2, 0.25) is 0 Å². The van der Waals surface area contributed by atoms with Gasteiger partial charge in [0.05, 0.1) is 10.6 Å². The number of halogens is 1. The van der Waals surface area contributed by atoms with Gasteiger partial charge >= 0.3 is 0 Å². The largest absolute Gasteiger partial charge is 0.290 e. The normalized spacial score (nSPS) is 12.4. The number of fused-ring (bicyclic) bond motifs is 1. The quantitative estimate of drug-likeness (QED) is 0.491. The van der Waals surface area contributed by atoms with Crippen LogP contribution in [0.1, 0.15) is 16.7 Å². The van der Waals surface area contributed by atoms with Gasteiger partial charge in [-0.1, -0.05) is 23.7 Å². The maximum Gasteiger partial charge on any atom is 0.290 e. The van der Waals surface area contributed by atoms with Gasteiger partial charge in [-0.05, 0) is 36.1 Å². The highest BCUT2D eigenvalue weighted by Gasteiger charge is 2.15. The minimum atomic E-state index is -0.425. The minimum Gasteiger partial charge on any atom is -0.261 e. The lowest BCUT2D eigenvalue weighted by Crippen LogP contribution is -1.99. The van der Waals surface area contributed by atoms with Crippen LogP contribution in [0.5, 0.6) is 0 Å². The smallest absolute Gasteiger partial charge is 0.261 e. The fourth-order valence-corrected chi connectivity index (χ4v) is 2.58. The molecule has 0 amide bonds. The van der Waals surface area contributed by atoms with Crippen LogP contribution in [0.4, 0.5) is 11.4 Å². The second kappa shape index (κ2) is 5.61. The molecule has 0 fully saturated rings. The summed E-state index contributed by atoms with van der Waals surface area (Å²) < 4.78 is 0. The van der Waals surface area contributed by atoms with Crippen LogP contribution in [0.2, 0.25) is 5.15 Å². The standard InChI is InChI=1S/C15H12ClN3O2/c16-15-8-12(14(9-18-15)19(20)21)4-2-10-1-3-11-5-6-17-13(11)7-10/h1,3,6-9H,2,4-5H2. The van der Waals surface area contributed by atoms with E-state index in [0.717, 1.165) is 17.7 Å². The van der Waals surface area contributed by atoms with Crippen LogP contribution in [0, 0.1) is 10.1 Å². The summed E-state index contributed by atoms with van der Waals surface area (Å²) in [5.74, 6) is 0. The van der Waals surface area contributed by atoms with Crippen molar-refractivity contribution in [3.05, 3.63) is 62.4 Å². The zero-order valence-electron chi connectivity index (χ0n) is 11.1. The second-order valence-corrected chi connectivity index (χ2v) is 5.26. The molecule has 21 heavy (non-hydrogen) atoms. The number of hydrogen-bond acceptors (Lipinski definition) is 4. The van der Waals surface area contributed by atoms with Crippen LogP contribution in [0.25, 0.3) is 0 Å². The molecule has 1 aromatic carbocycles. The van der Waals surface area contributed by atoms with Gasteiger partial charge in [0.15, 0.2) is 0 Å². The molecule has 0 unspecified atom stereocenters. The molecule has 1 aliphatic rings. The van der Waals surface area contributed by atoms with Crippen molar-refractivity contribution < 1.29 is 4.92 Å². The predicted octanol–water partition coefficient (Wildman–Crippen LogP) is 3.69. The van der Waals surface area contributed by atoms with Crippen molar-refractivity contribution in [1.82, 2.24) is 4.98 Å². The van der Waals surface area contributed by atoms with Crippen molar-refractivity contribution >= 4 is 29.2 Å². The lowest BCUT2D eigenvalue weighted by molar-refractivity contribution is -0.385. The highest BCUT2D eigenvalue weighted by molar-refractivity contribution is 6.29.